The number of β-amino-alcohol motifs (C(OH)–C–C–N with tert-alkyl or cyclic N) is 1. The number of nitrogens with one attached hydrogen (secondary N) is 1. The van der Waals surface area contributed by atoms with E-state index in [-0.39, 0.29) is 25.3 Å². The van der Waals surface area contributed by atoms with Crippen molar-refractivity contribution in [2.24, 2.45) is 5.92 Å². The number of carboxylic acid groups (broad SMARTS) is 1. The standard InChI is InChI=1S/C18H24F3N3O4/c19-18(20,21)14-2-1-3-15(11-14)22-16(26)10-13(17(27)28)12-24-6-4-23(5-7-24)8-9-25/h1-3,11,13,25H,4-10,12H2,(H,22,26)(H,27,28)/t13-/m0/s1. The van der Waals surface area contributed by atoms with Crippen molar-refractivity contribution in [2.75, 3.05) is 51.2 Å². The number of carbonyl (C=O) groups is 2. The van der Waals surface area contributed by atoms with Crippen molar-refractivity contribution in [1.29, 1.82) is 0 Å². The van der Waals surface area contributed by atoms with E-state index in [4.69, 9.17) is 5.11 Å². The number of carboxylic acids is 1. The van der Waals surface area contributed by atoms with Gasteiger partial charge >= 0.3 is 12.1 Å². The van der Waals surface area contributed by atoms with E-state index in [2.05, 4.69) is 10.2 Å². The minimum absolute atomic E-state index is 0.0263. The number of hydrogen-bond acceptors (Lipinski definition) is 5. The van der Waals surface area contributed by atoms with Crippen molar-refractivity contribution >= 4 is 17.6 Å². The third-order valence-corrected chi connectivity index (χ3v) is 4.61. The molecule has 0 saturated carbocycles. The predicted molar refractivity (Wildman–Crippen MR) is 95.8 cm³/mol. The number of aliphatic hydroxyl groups is 1. The molecule has 10 heteroatoms. The molecular weight excluding hydrogens is 379 g/mol. The fraction of sp³-hybridized carbons (Fsp3) is 0.556. The maximum absolute atomic E-state index is 12.7. The molecule has 1 amide bonds. The summed E-state index contributed by atoms with van der Waals surface area (Å²) >= 11 is 0. The third kappa shape index (κ3) is 6.77. The summed E-state index contributed by atoms with van der Waals surface area (Å²) in [7, 11) is 0. The highest BCUT2D eigenvalue weighted by Gasteiger charge is 2.31. The summed E-state index contributed by atoms with van der Waals surface area (Å²) in [4.78, 5) is 27.7. The Morgan fingerprint density at radius 1 is 1.14 bits per heavy atom. The number of hydrogen-bond donors (Lipinski definition) is 3. The number of amides is 1. The quantitative estimate of drug-likeness (QED) is 0.607. The Morgan fingerprint density at radius 3 is 2.36 bits per heavy atom. The van der Waals surface area contributed by atoms with Crippen LogP contribution in [-0.2, 0) is 15.8 Å². The van der Waals surface area contributed by atoms with E-state index >= 15 is 0 Å². The van der Waals surface area contributed by atoms with Crippen LogP contribution in [0.1, 0.15) is 12.0 Å². The van der Waals surface area contributed by atoms with Crippen molar-refractivity contribution in [3.8, 4) is 0 Å². The SMILES string of the molecule is O=C(C[C@@H](CN1CCN(CCO)CC1)C(=O)O)Nc1cccc(C(F)(F)F)c1. The molecule has 1 fully saturated rings. The number of rotatable bonds is 8. The Balaban J connectivity index is 1.90. The van der Waals surface area contributed by atoms with Gasteiger partial charge in [0, 0.05) is 51.4 Å². The Morgan fingerprint density at radius 2 is 1.79 bits per heavy atom. The lowest BCUT2D eigenvalue weighted by molar-refractivity contribution is -0.144. The number of benzene rings is 1. The highest BCUT2D eigenvalue weighted by atomic mass is 19.4. The average molecular weight is 403 g/mol. The van der Waals surface area contributed by atoms with Crippen LogP contribution in [-0.4, -0.2) is 77.8 Å². The predicted octanol–water partition coefficient (Wildman–Crippen LogP) is 1.34. The summed E-state index contributed by atoms with van der Waals surface area (Å²) < 4.78 is 38.2. The molecule has 0 bridgehead atoms. The number of alkyl halides is 3. The van der Waals surface area contributed by atoms with Crippen LogP contribution in [0.2, 0.25) is 0 Å². The summed E-state index contributed by atoms with van der Waals surface area (Å²) in [6.45, 7) is 3.45. The maximum Gasteiger partial charge on any atom is 0.416 e. The Bertz CT molecular complexity index is 676. The topological polar surface area (TPSA) is 93.1 Å². The highest BCUT2D eigenvalue weighted by molar-refractivity contribution is 5.93. The lowest BCUT2D eigenvalue weighted by Crippen LogP contribution is -2.49. The zero-order valence-electron chi connectivity index (χ0n) is 15.3. The highest BCUT2D eigenvalue weighted by Crippen LogP contribution is 2.30. The van der Waals surface area contributed by atoms with Crippen LogP contribution in [0.4, 0.5) is 18.9 Å². The van der Waals surface area contributed by atoms with Gasteiger partial charge in [-0.05, 0) is 18.2 Å². The first kappa shape index (κ1) is 22.1. The zero-order chi connectivity index (χ0) is 20.7. The fourth-order valence-corrected chi connectivity index (χ4v) is 3.09. The summed E-state index contributed by atoms with van der Waals surface area (Å²) in [5.41, 5.74) is -0.914. The van der Waals surface area contributed by atoms with Crippen molar-refractivity contribution in [2.45, 2.75) is 12.6 Å². The lowest BCUT2D eigenvalue weighted by atomic mass is 10.0. The molecule has 0 spiro atoms. The molecular formula is C18H24F3N3O4. The second-order valence-corrected chi connectivity index (χ2v) is 6.73. The van der Waals surface area contributed by atoms with Gasteiger partial charge in [-0.2, -0.15) is 13.2 Å². The summed E-state index contributed by atoms with van der Waals surface area (Å²) in [6.07, 6.45) is -4.86. The van der Waals surface area contributed by atoms with Crippen LogP contribution < -0.4 is 5.32 Å². The molecule has 3 N–H and O–H groups in total. The molecule has 1 atom stereocenters. The smallest absolute Gasteiger partial charge is 0.416 e. The maximum atomic E-state index is 12.7. The van der Waals surface area contributed by atoms with Crippen LogP contribution in [0.5, 0.6) is 0 Å². The second-order valence-electron chi connectivity index (χ2n) is 6.73. The minimum Gasteiger partial charge on any atom is -0.481 e. The monoisotopic (exact) mass is 403 g/mol. The van der Waals surface area contributed by atoms with Gasteiger partial charge < -0.3 is 15.5 Å². The molecule has 1 aromatic rings. The number of aliphatic hydroxyl groups excluding tert-OH is 1. The molecule has 0 unspecified atom stereocenters. The van der Waals surface area contributed by atoms with E-state index in [0.717, 1.165) is 12.1 Å². The van der Waals surface area contributed by atoms with Gasteiger partial charge in [-0.1, -0.05) is 6.07 Å². The van der Waals surface area contributed by atoms with Gasteiger partial charge in [0.25, 0.3) is 0 Å². The van der Waals surface area contributed by atoms with E-state index in [1.165, 1.54) is 12.1 Å². The molecule has 1 aliphatic rings. The van der Waals surface area contributed by atoms with Crippen molar-refractivity contribution in [3.63, 3.8) is 0 Å². The fourth-order valence-electron chi connectivity index (χ4n) is 3.09. The minimum atomic E-state index is -4.53. The van der Waals surface area contributed by atoms with E-state index in [9.17, 15) is 27.9 Å². The number of anilines is 1. The van der Waals surface area contributed by atoms with Crippen LogP contribution in [0.25, 0.3) is 0 Å². The Kier molecular flexibility index (Phi) is 7.78. The van der Waals surface area contributed by atoms with E-state index in [1.807, 2.05) is 4.90 Å². The molecule has 0 radical (unpaired) electrons. The molecule has 28 heavy (non-hydrogen) atoms. The molecule has 1 heterocycles. The van der Waals surface area contributed by atoms with Gasteiger partial charge in [-0.25, -0.2) is 0 Å². The number of halogens is 3. The van der Waals surface area contributed by atoms with Crippen molar-refractivity contribution in [3.05, 3.63) is 29.8 Å². The largest absolute Gasteiger partial charge is 0.481 e. The molecule has 1 aromatic carbocycles. The van der Waals surface area contributed by atoms with Gasteiger partial charge in [0.2, 0.25) is 5.91 Å². The van der Waals surface area contributed by atoms with Crippen molar-refractivity contribution < 1.29 is 33.0 Å². The van der Waals surface area contributed by atoms with Gasteiger partial charge in [0.1, 0.15) is 0 Å². The van der Waals surface area contributed by atoms with Crippen LogP contribution in [0.15, 0.2) is 24.3 Å². The first-order chi connectivity index (χ1) is 13.2. The van der Waals surface area contributed by atoms with Gasteiger partial charge in [0.05, 0.1) is 18.1 Å². The first-order valence-corrected chi connectivity index (χ1v) is 8.94. The Hall–Kier alpha value is -2.17. The number of nitrogens with zero attached hydrogens (tertiary/aromatic N) is 2. The van der Waals surface area contributed by atoms with Crippen LogP contribution in [0.3, 0.4) is 0 Å². The van der Waals surface area contributed by atoms with Gasteiger partial charge in [-0.15, -0.1) is 0 Å². The third-order valence-electron chi connectivity index (χ3n) is 4.61. The molecule has 0 aromatic heterocycles. The van der Waals surface area contributed by atoms with E-state index in [1.54, 1.807) is 0 Å². The number of aliphatic carboxylic acids is 1. The molecule has 1 aliphatic heterocycles. The van der Waals surface area contributed by atoms with Crippen molar-refractivity contribution in [1.82, 2.24) is 9.80 Å². The molecule has 0 aliphatic carbocycles. The Labute approximate surface area is 160 Å². The van der Waals surface area contributed by atoms with E-state index < -0.39 is 29.5 Å². The van der Waals surface area contributed by atoms with Crippen LogP contribution >= 0.6 is 0 Å². The van der Waals surface area contributed by atoms with Gasteiger partial charge in [-0.3, -0.25) is 19.4 Å². The molecule has 1 saturated heterocycles. The molecule has 7 nitrogen and oxygen atoms in total. The normalized spacial score (nSPS) is 17.3. The second kappa shape index (κ2) is 9.85. The molecule has 156 valence electrons. The van der Waals surface area contributed by atoms with E-state index in [0.29, 0.717) is 32.7 Å². The number of piperazine rings is 1. The summed E-state index contributed by atoms with van der Waals surface area (Å²) in [6, 6.07) is 4.21. The summed E-state index contributed by atoms with van der Waals surface area (Å²) in [5, 5.41) is 20.7. The number of carbonyl (C=O) groups excluding carboxylic acids is 1. The van der Waals surface area contributed by atoms with Gasteiger partial charge in [0.15, 0.2) is 0 Å². The first-order valence-electron chi connectivity index (χ1n) is 8.94. The lowest BCUT2D eigenvalue weighted by Gasteiger charge is -2.35. The average Bonchev–Trinajstić information content (AvgIpc) is 2.62. The zero-order valence-corrected chi connectivity index (χ0v) is 15.3. The van der Waals surface area contributed by atoms with Crippen LogP contribution in [0, 0.1) is 5.92 Å². The summed E-state index contributed by atoms with van der Waals surface area (Å²) in [5.74, 6) is -2.74. The molecule has 2 rings (SSSR count).